The van der Waals surface area contributed by atoms with E-state index in [0.717, 1.165) is 53.2 Å². The summed E-state index contributed by atoms with van der Waals surface area (Å²) in [5.41, 5.74) is 1.98. The van der Waals surface area contributed by atoms with Crippen molar-refractivity contribution in [1.82, 2.24) is 19.7 Å². The molecule has 0 N–H and O–H groups in total. The lowest BCUT2D eigenvalue weighted by Crippen LogP contribution is -2.27. The SMILES string of the molecule is COc1ccc(-n2c(SCCN3CCCC3=O)nnc2-c2ccccc2)cc1. The quantitative estimate of drug-likeness (QED) is 0.573. The van der Waals surface area contributed by atoms with Crippen LogP contribution in [0.4, 0.5) is 0 Å². The van der Waals surface area contributed by atoms with Crippen LogP contribution in [0.2, 0.25) is 0 Å². The fraction of sp³-hybridized carbons (Fsp3) is 0.286. The van der Waals surface area contributed by atoms with Crippen molar-refractivity contribution >= 4 is 17.7 Å². The van der Waals surface area contributed by atoms with E-state index in [1.54, 1.807) is 18.9 Å². The Hall–Kier alpha value is -2.80. The summed E-state index contributed by atoms with van der Waals surface area (Å²) in [5, 5.41) is 9.70. The van der Waals surface area contributed by atoms with Crippen molar-refractivity contribution < 1.29 is 9.53 Å². The molecule has 0 atom stereocenters. The van der Waals surface area contributed by atoms with Crippen LogP contribution in [0, 0.1) is 0 Å². The zero-order chi connectivity index (χ0) is 19.3. The third-order valence-electron chi connectivity index (χ3n) is 4.76. The van der Waals surface area contributed by atoms with Crippen LogP contribution >= 0.6 is 11.8 Å². The molecule has 144 valence electrons. The molecule has 0 radical (unpaired) electrons. The predicted molar refractivity (Wildman–Crippen MR) is 110 cm³/mol. The van der Waals surface area contributed by atoms with Crippen LogP contribution in [0.25, 0.3) is 17.1 Å². The molecule has 1 saturated heterocycles. The number of benzene rings is 2. The number of methoxy groups -OCH3 is 1. The highest BCUT2D eigenvalue weighted by Crippen LogP contribution is 2.29. The predicted octanol–water partition coefficient (Wildman–Crippen LogP) is 3.66. The van der Waals surface area contributed by atoms with Gasteiger partial charge in [0.1, 0.15) is 5.75 Å². The lowest BCUT2D eigenvalue weighted by atomic mass is 10.2. The number of hydrogen-bond acceptors (Lipinski definition) is 5. The first-order valence-corrected chi connectivity index (χ1v) is 10.3. The van der Waals surface area contributed by atoms with Crippen molar-refractivity contribution in [3.63, 3.8) is 0 Å². The maximum Gasteiger partial charge on any atom is 0.222 e. The van der Waals surface area contributed by atoms with Gasteiger partial charge in [-0.1, -0.05) is 42.1 Å². The zero-order valence-electron chi connectivity index (χ0n) is 15.7. The van der Waals surface area contributed by atoms with E-state index in [1.807, 2.05) is 59.5 Å². The summed E-state index contributed by atoms with van der Waals surface area (Å²) in [6.45, 7) is 1.60. The highest BCUT2D eigenvalue weighted by Gasteiger charge is 2.21. The van der Waals surface area contributed by atoms with Crippen molar-refractivity contribution in [2.24, 2.45) is 0 Å². The third kappa shape index (κ3) is 3.89. The van der Waals surface area contributed by atoms with Gasteiger partial charge >= 0.3 is 0 Å². The average molecular weight is 394 g/mol. The fourth-order valence-electron chi connectivity index (χ4n) is 3.29. The standard InChI is InChI=1S/C21H22N4O2S/c1-27-18-11-9-17(10-12-18)25-20(16-6-3-2-4-7-16)22-23-21(25)28-15-14-24-13-5-8-19(24)26/h2-4,6-7,9-12H,5,8,13-15H2,1H3. The summed E-state index contributed by atoms with van der Waals surface area (Å²) < 4.78 is 7.34. The van der Waals surface area contributed by atoms with Crippen LogP contribution in [-0.4, -0.2) is 51.5 Å². The third-order valence-corrected chi connectivity index (χ3v) is 5.67. The van der Waals surface area contributed by atoms with Crippen molar-refractivity contribution in [3.8, 4) is 22.8 Å². The van der Waals surface area contributed by atoms with Gasteiger partial charge in [0, 0.05) is 36.5 Å². The van der Waals surface area contributed by atoms with E-state index in [9.17, 15) is 4.79 Å². The zero-order valence-corrected chi connectivity index (χ0v) is 16.6. The Balaban J connectivity index is 1.61. The number of hydrogen-bond donors (Lipinski definition) is 0. The normalized spacial score (nSPS) is 13.9. The fourth-order valence-corrected chi connectivity index (χ4v) is 4.20. The average Bonchev–Trinajstić information content (AvgIpc) is 3.35. The number of carbonyl (C=O) groups is 1. The molecule has 2 aromatic carbocycles. The van der Waals surface area contributed by atoms with E-state index in [1.165, 1.54) is 0 Å². The van der Waals surface area contributed by atoms with Gasteiger partial charge in [-0.3, -0.25) is 9.36 Å². The number of aromatic nitrogens is 3. The van der Waals surface area contributed by atoms with Gasteiger partial charge in [0.05, 0.1) is 7.11 Å². The number of ether oxygens (including phenoxy) is 1. The molecule has 1 aliphatic heterocycles. The van der Waals surface area contributed by atoms with Crippen LogP contribution in [-0.2, 0) is 4.79 Å². The number of likely N-dealkylation sites (tertiary alicyclic amines) is 1. The largest absolute Gasteiger partial charge is 0.497 e. The summed E-state index contributed by atoms with van der Waals surface area (Å²) in [4.78, 5) is 13.8. The van der Waals surface area contributed by atoms with Crippen molar-refractivity contribution in [2.75, 3.05) is 26.0 Å². The summed E-state index contributed by atoms with van der Waals surface area (Å²) in [6, 6.07) is 17.9. The van der Waals surface area contributed by atoms with E-state index in [4.69, 9.17) is 4.74 Å². The smallest absolute Gasteiger partial charge is 0.222 e. The molecule has 4 rings (SSSR count). The number of thioether (sulfide) groups is 1. The monoisotopic (exact) mass is 394 g/mol. The highest BCUT2D eigenvalue weighted by atomic mass is 32.2. The molecule has 1 aromatic heterocycles. The van der Waals surface area contributed by atoms with Gasteiger partial charge in [-0.2, -0.15) is 0 Å². The van der Waals surface area contributed by atoms with Gasteiger partial charge in [0.25, 0.3) is 0 Å². The Bertz CT molecular complexity index is 941. The molecule has 3 aromatic rings. The molecule has 6 nitrogen and oxygen atoms in total. The molecule has 1 aliphatic rings. The second-order valence-electron chi connectivity index (χ2n) is 6.54. The molecule has 0 bridgehead atoms. The second kappa shape index (κ2) is 8.48. The maximum absolute atomic E-state index is 11.8. The topological polar surface area (TPSA) is 60.2 Å². The van der Waals surface area contributed by atoms with E-state index in [-0.39, 0.29) is 5.91 Å². The lowest BCUT2D eigenvalue weighted by Gasteiger charge is -2.15. The minimum absolute atomic E-state index is 0.252. The molecule has 0 saturated carbocycles. The number of nitrogens with zero attached hydrogens (tertiary/aromatic N) is 4. The molecular weight excluding hydrogens is 372 g/mol. The van der Waals surface area contributed by atoms with Gasteiger partial charge in [-0.05, 0) is 30.7 Å². The second-order valence-corrected chi connectivity index (χ2v) is 7.60. The Morgan fingerprint density at radius 3 is 2.54 bits per heavy atom. The summed E-state index contributed by atoms with van der Waals surface area (Å²) >= 11 is 1.62. The molecule has 0 unspecified atom stereocenters. The highest BCUT2D eigenvalue weighted by molar-refractivity contribution is 7.99. The Kier molecular flexibility index (Phi) is 5.62. The van der Waals surface area contributed by atoms with Gasteiger partial charge in [0.2, 0.25) is 5.91 Å². The Morgan fingerprint density at radius 1 is 1.07 bits per heavy atom. The number of carbonyl (C=O) groups excluding carboxylic acids is 1. The number of amides is 1. The summed E-state index contributed by atoms with van der Waals surface area (Å²) in [5.74, 6) is 2.64. The Labute approximate surface area is 168 Å². The molecular formula is C21H22N4O2S. The van der Waals surface area contributed by atoms with E-state index in [2.05, 4.69) is 14.8 Å². The van der Waals surface area contributed by atoms with Crippen LogP contribution < -0.4 is 4.74 Å². The molecule has 0 aliphatic carbocycles. The van der Waals surface area contributed by atoms with Gasteiger partial charge in [-0.15, -0.1) is 10.2 Å². The van der Waals surface area contributed by atoms with Crippen molar-refractivity contribution in [3.05, 3.63) is 54.6 Å². The first kappa shape index (κ1) is 18.6. The molecule has 1 fully saturated rings. The lowest BCUT2D eigenvalue weighted by molar-refractivity contribution is -0.127. The number of rotatable bonds is 7. The summed E-state index contributed by atoms with van der Waals surface area (Å²) in [7, 11) is 1.66. The minimum atomic E-state index is 0.252. The van der Waals surface area contributed by atoms with Crippen LogP contribution in [0.5, 0.6) is 5.75 Å². The summed E-state index contributed by atoms with van der Waals surface area (Å²) in [6.07, 6.45) is 1.63. The van der Waals surface area contributed by atoms with Crippen molar-refractivity contribution in [1.29, 1.82) is 0 Å². The molecule has 2 heterocycles. The first-order chi connectivity index (χ1) is 13.8. The molecule has 1 amide bonds. The molecule has 7 heteroatoms. The van der Waals surface area contributed by atoms with E-state index in [0.29, 0.717) is 6.42 Å². The van der Waals surface area contributed by atoms with Crippen LogP contribution in [0.3, 0.4) is 0 Å². The molecule has 28 heavy (non-hydrogen) atoms. The van der Waals surface area contributed by atoms with E-state index >= 15 is 0 Å². The minimum Gasteiger partial charge on any atom is -0.497 e. The van der Waals surface area contributed by atoms with Crippen LogP contribution in [0.1, 0.15) is 12.8 Å². The maximum atomic E-state index is 11.8. The van der Waals surface area contributed by atoms with Crippen LogP contribution in [0.15, 0.2) is 59.8 Å². The molecule has 0 spiro atoms. The Morgan fingerprint density at radius 2 is 1.86 bits per heavy atom. The first-order valence-electron chi connectivity index (χ1n) is 9.32. The van der Waals surface area contributed by atoms with Crippen molar-refractivity contribution in [2.45, 2.75) is 18.0 Å². The van der Waals surface area contributed by atoms with Gasteiger partial charge < -0.3 is 9.64 Å². The van der Waals surface area contributed by atoms with Gasteiger partial charge in [-0.25, -0.2) is 0 Å². The van der Waals surface area contributed by atoms with E-state index < -0.39 is 0 Å². The van der Waals surface area contributed by atoms with Gasteiger partial charge in [0.15, 0.2) is 11.0 Å².